The van der Waals surface area contributed by atoms with Crippen LogP contribution in [0.1, 0.15) is 6.42 Å². The van der Waals surface area contributed by atoms with Crippen molar-refractivity contribution in [3.05, 3.63) is 0 Å². The van der Waals surface area contributed by atoms with Gasteiger partial charge in [-0.3, -0.25) is 0 Å². The molecule has 0 spiro atoms. The molecule has 0 amide bonds. The van der Waals surface area contributed by atoms with Crippen molar-refractivity contribution >= 4 is 19.7 Å². The molecule has 0 saturated carbocycles. The predicted molar refractivity (Wildman–Crippen MR) is 70.2 cm³/mol. The van der Waals surface area contributed by atoms with E-state index in [2.05, 4.69) is 10.2 Å². The maximum atomic E-state index is 11.3. The minimum atomic E-state index is -2.82. The van der Waals surface area contributed by atoms with Gasteiger partial charge in [0.25, 0.3) is 0 Å². The molecule has 1 N–H and O–H groups in total. The Bertz CT molecular complexity index is 472. The van der Waals surface area contributed by atoms with Crippen LogP contribution < -0.4 is 5.32 Å². The van der Waals surface area contributed by atoms with E-state index in [1.807, 2.05) is 0 Å². The molecule has 1 atom stereocenters. The standard InChI is InChI=1S/C10H20N2O4S2/c13-17(14)7-4-12(5-8-17)3-2-11-10-1-6-18(15,16)9-10/h10-11H,1-9H2. The molecule has 0 radical (unpaired) electrons. The molecule has 2 fully saturated rings. The van der Waals surface area contributed by atoms with Crippen LogP contribution in [0.3, 0.4) is 0 Å². The number of nitrogens with one attached hydrogen (secondary N) is 1. The predicted octanol–water partition coefficient (Wildman–Crippen LogP) is -1.51. The third-order valence-electron chi connectivity index (χ3n) is 3.53. The lowest BCUT2D eigenvalue weighted by atomic mass is 10.2. The van der Waals surface area contributed by atoms with Crippen molar-refractivity contribution in [2.75, 3.05) is 49.2 Å². The maximum absolute atomic E-state index is 11.3. The number of hydrogen-bond acceptors (Lipinski definition) is 6. The Morgan fingerprint density at radius 2 is 1.67 bits per heavy atom. The van der Waals surface area contributed by atoms with Crippen LogP contribution in [-0.4, -0.2) is 77.0 Å². The van der Waals surface area contributed by atoms with Crippen molar-refractivity contribution in [2.24, 2.45) is 0 Å². The van der Waals surface area contributed by atoms with Gasteiger partial charge in [0.05, 0.1) is 23.0 Å². The highest BCUT2D eigenvalue weighted by Gasteiger charge is 2.27. The summed E-state index contributed by atoms with van der Waals surface area (Å²) < 4.78 is 45.0. The molecule has 2 saturated heterocycles. The molecule has 2 aliphatic rings. The van der Waals surface area contributed by atoms with Gasteiger partial charge in [0, 0.05) is 32.2 Å². The van der Waals surface area contributed by atoms with Gasteiger partial charge < -0.3 is 10.2 Å². The smallest absolute Gasteiger partial charge is 0.152 e. The first-order valence-corrected chi connectivity index (χ1v) is 9.87. The third-order valence-corrected chi connectivity index (χ3v) is 6.91. The van der Waals surface area contributed by atoms with Crippen molar-refractivity contribution in [3.8, 4) is 0 Å². The number of nitrogens with zero attached hydrogens (tertiary/aromatic N) is 1. The Morgan fingerprint density at radius 3 is 2.22 bits per heavy atom. The van der Waals surface area contributed by atoms with Crippen molar-refractivity contribution in [1.29, 1.82) is 0 Å². The highest BCUT2D eigenvalue weighted by molar-refractivity contribution is 7.91. The quantitative estimate of drug-likeness (QED) is 0.679. The fourth-order valence-electron chi connectivity index (χ4n) is 2.36. The third kappa shape index (κ3) is 4.18. The van der Waals surface area contributed by atoms with Gasteiger partial charge in [-0.15, -0.1) is 0 Å². The second-order valence-corrected chi connectivity index (χ2v) is 9.58. The minimum Gasteiger partial charge on any atom is -0.312 e. The largest absolute Gasteiger partial charge is 0.312 e. The van der Waals surface area contributed by atoms with E-state index in [9.17, 15) is 16.8 Å². The molecule has 6 nitrogen and oxygen atoms in total. The van der Waals surface area contributed by atoms with E-state index < -0.39 is 19.7 Å². The van der Waals surface area contributed by atoms with Crippen molar-refractivity contribution < 1.29 is 16.8 Å². The van der Waals surface area contributed by atoms with Crippen LogP contribution in [0.5, 0.6) is 0 Å². The van der Waals surface area contributed by atoms with Crippen molar-refractivity contribution in [3.63, 3.8) is 0 Å². The van der Waals surface area contributed by atoms with Gasteiger partial charge in [-0.1, -0.05) is 0 Å². The number of rotatable bonds is 4. The summed E-state index contributed by atoms with van der Waals surface area (Å²) in [5.41, 5.74) is 0. The fraction of sp³-hybridized carbons (Fsp3) is 1.00. The van der Waals surface area contributed by atoms with E-state index in [0.717, 1.165) is 13.1 Å². The summed E-state index contributed by atoms with van der Waals surface area (Å²) >= 11 is 0. The lowest BCUT2D eigenvalue weighted by molar-refractivity contribution is 0.290. The van der Waals surface area contributed by atoms with Gasteiger partial charge in [-0.2, -0.15) is 0 Å². The zero-order valence-corrected chi connectivity index (χ0v) is 12.0. The first-order valence-electron chi connectivity index (χ1n) is 6.23. The first kappa shape index (κ1) is 14.2. The first-order chi connectivity index (χ1) is 8.36. The Morgan fingerprint density at radius 1 is 1.00 bits per heavy atom. The van der Waals surface area contributed by atoms with Crippen LogP contribution in [0.4, 0.5) is 0 Å². The summed E-state index contributed by atoms with van der Waals surface area (Å²) in [6, 6.07) is 0.0727. The zero-order valence-electron chi connectivity index (χ0n) is 10.3. The van der Waals surface area contributed by atoms with Crippen LogP contribution in [-0.2, 0) is 19.7 Å². The topological polar surface area (TPSA) is 83.6 Å². The van der Waals surface area contributed by atoms with Gasteiger partial charge in [0.1, 0.15) is 0 Å². The Balaban J connectivity index is 1.65. The molecule has 2 rings (SSSR count). The summed E-state index contributed by atoms with van der Waals surface area (Å²) in [4.78, 5) is 2.11. The molecule has 0 aromatic heterocycles. The van der Waals surface area contributed by atoms with Crippen LogP contribution in [0.15, 0.2) is 0 Å². The van der Waals surface area contributed by atoms with Crippen molar-refractivity contribution in [2.45, 2.75) is 12.5 Å². The summed E-state index contributed by atoms with van der Waals surface area (Å²) in [5.74, 6) is 1.00. The average molecular weight is 296 g/mol. The van der Waals surface area contributed by atoms with Gasteiger partial charge in [0.2, 0.25) is 0 Å². The van der Waals surface area contributed by atoms with Crippen LogP contribution >= 0.6 is 0 Å². The SMILES string of the molecule is O=S1(=O)CCN(CCNC2CCS(=O)(=O)C2)CC1. The molecular weight excluding hydrogens is 276 g/mol. The van der Waals surface area contributed by atoms with E-state index in [-0.39, 0.29) is 29.1 Å². The molecule has 0 aromatic rings. The van der Waals surface area contributed by atoms with E-state index in [0.29, 0.717) is 19.5 Å². The van der Waals surface area contributed by atoms with Crippen LogP contribution in [0.25, 0.3) is 0 Å². The molecule has 18 heavy (non-hydrogen) atoms. The molecule has 8 heteroatoms. The maximum Gasteiger partial charge on any atom is 0.152 e. The lowest BCUT2D eigenvalue weighted by Crippen LogP contribution is -2.44. The molecule has 0 aromatic carbocycles. The molecule has 0 aliphatic carbocycles. The van der Waals surface area contributed by atoms with Crippen LogP contribution in [0, 0.1) is 0 Å². The zero-order chi connectivity index (χ0) is 13.2. The normalized spacial score (nSPS) is 31.4. The lowest BCUT2D eigenvalue weighted by Gasteiger charge is -2.26. The summed E-state index contributed by atoms with van der Waals surface area (Å²) in [5, 5.41) is 3.23. The fourth-order valence-corrected chi connectivity index (χ4v) is 5.34. The van der Waals surface area contributed by atoms with E-state index in [4.69, 9.17) is 0 Å². The molecule has 106 valence electrons. The average Bonchev–Trinajstić information content (AvgIpc) is 2.61. The molecule has 0 bridgehead atoms. The Kier molecular flexibility index (Phi) is 4.30. The highest BCUT2D eigenvalue weighted by atomic mass is 32.2. The molecular formula is C10H20N2O4S2. The highest BCUT2D eigenvalue weighted by Crippen LogP contribution is 2.11. The molecule has 2 heterocycles. The monoisotopic (exact) mass is 296 g/mol. The number of sulfone groups is 2. The van der Waals surface area contributed by atoms with Crippen LogP contribution in [0.2, 0.25) is 0 Å². The second kappa shape index (κ2) is 5.44. The molecule has 2 aliphatic heterocycles. The summed E-state index contributed by atoms with van der Waals surface area (Å²) in [7, 11) is -5.63. The number of hydrogen-bond donors (Lipinski definition) is 1. The molecule has 1 unspecified atom stereocenters. The summed E-state index contributed by atoms with van der Waals surface area (Å²) in [6.07, 6.45) is 0.691. The Hall–Kier alpha value is -0.180. The van der Waals surface area contributed by atoms with Gasteiger partial charge in [-0.25, -0.2) is 16.8 Å². The van der Waals surface area contributed by atoms with Gasteiger partial charge in [0.15, 0.2) is 19.7 Å². The van der Waals surface area contributed by atoms with Crippen molar-refractivity contribution in [1.82, 2.24) is 10.2 Å². The Labute approximate surface area is 109 Å². The summed E-state index contributed by atoms with van der Waals surface area (Å²) in [6.45, 7) is 2.69. The minimum absolute atomic E-state index is 0.0727. The van der Waals surface area contributed by atoms with Gasteiger partial charge >= 0.3 is 0 Å². The second-order valence-electron chi connectivity index (χ2n) is 5.05. The van der Waals surface area contributed by atoms with E-state index in [1.54, 1.807) is 0 Å². The van der Waals surface area contributed by atoms with E-state index >= 15 is 0 Å². The van der Waals surface area contributed by atoms with Gasteiger partial charge in [-0.05, 0) is 6.42 Å². The van der Waals surface area contributed by atoms with E-state index in [1.165, 1.54) is 0 Å².